The molecule has 1 aromatic rings. The van der Waals surface area contributed by atoms with Gasteiger partial charge in [0.2, 0.25) is 5.91 Å². The molecule has 1 unspecified atom stereocenters. The first kappa shape index (κ1) is 13.9. The number of amides is 1. The van der Waals surface area contributed by atoms with Gasteiger partial charge in [-0.1, -0.05) is 6.07 Å². The van der Waals surface area contributed by atoms with E-state index in [4.69, 9.17) is 4.74 Å². The maximum Gasteiger partial charge on any atom is 0.248 e. The molecule has 1 amide bonds. The summed E-state index contributed by atoms with van der Waals surface area (Å²) in [4.78, 5) is 15.3. The average Bonchev–Trinajstić information content (AvgIpc) is 2.80. The lowest BCUT2D eigenvalue weighted by atomic mass is 10.2. The molecule has 3 nitrogen and oxygen atoms in total. The summed E-state index contributed by atoms with van der Waals surface area (Å²) in [5.41, 5.74) is 0. The van der Waals surface area contributed by atoms with Gasteiger partial charge in [0.05, 0.1) is 0 Å². The number of ether oxygens (including phenoxy) is 1. The molecular weight excluding hydrogens is 266 g/mol. The minimum atomic E-state index is 0.129. The van der Waals surface area contributed by atoms with Crippen molar-refractivity contribution in [1.29, 1.82) is 0 Å². The Balaban J connectivity index is 1.86. The van der Waals surface area contributed by atoms with Crippen molar-refractivity contribution in [3.05, 3.63) is 22.4 Å². The Morgan fingerprint density at radius 2 is 2.44 bits per heavy atom. The van der Waals surface area contributed by atoms with E-state index < -0.39 is 0 Å². The van der Waals surface area contributed by atoms with Gasteiger partial charge in [-0.15, -0.1) is 11.3 Å². The first-order chi connectivity index (χ1) is 8.81. The number of hydrogen-bond donors (Lipinski definition) is 0. The van der Waals surface area contributed by atoms with Crippen molar-refractivity contribution in [3.8, 4) is 0 Å². The fourth-order valence-electron chi connectivity index (χ4n) is 2.00. The summed E-state index contributed by atoms with van der Waals surface area (Å²) in [6.07, 6.45) is 1.04. The van der Waals surface area contributed by atoms with E-state index in [0.29, 0.717) is 11.9 Å². The lowest BCUT2D eigenvalue weighted by Gasteiger charge is -2.19. The summed E-state index contributed by atoms with van der Waals surface area (Å²) in [7, 11) is 0. The molecule has 5 heteroatoms. The predicted octanol–water partition coefficient (Wildman–Crippen LogP) is 2.79. The third kappa shape index (κ3) is 3.73. The van der Waals surface area contributed by atoms with Crippen LogP contribution in [0.2, 0.25) is 0 Å². The van der Waals surface area contributed by atoms with E-state index in [2.05, 4.69) is 17.5 Å². The number of rotatable bonds is 4. The van der Waals surface area contributed by atoms with Crippen molar-refractivity contribution in [1.82, 2.24) is 4.90 Å². The molecule has 0 aromatic carbocycles. The fourth-order valence-corrected chi connectivity index (χ4v) is 4.24. The van der Waals surface area contributed by atoms with E-state index in [1.807, 2.05) is 34.9 Å². The molecule has 0 aliphatic carbocycles. The Hall–Kier alpha value is -0.520. The van der Waals surface area contributed by atoms with Crippen molar-refractivity contribution in [2.24, 2.45) is 0 Å². The first-order valence-corrected chi connectivity index (χ1v) is 8.24. The quantitative estimate of drug-likeness (QED) is 0.852. The molecule has 0 spiro atoms. The summed E-state index contributed by atoms with van der Waals surface area (Å²) < 4.78 is 5.19. The summed E-state index contributed by atoms with van der Waals surface area (Å²) in [5, 5.41) is 2.67. The molecular formula is C13H19NO2S2. The van der Waals surface area contributed by atoms with E-state index in [1.54, 1.807) is 0 Å². The van der Waals surface area contributed by atoms with E-state index in [1.165, 1.54) is 4.88 Å². The van der Waals surface area contributed by atoms with Gasteiger partial charge in [0.1, 0.15) is 6.61 Å². The Labute approximate surface area is 117 Å². The number of carbonyl (C=O) groups excluding carboxylic acids is 1. The Morgan fingerprint density at radius 3 is 3.17 bits per heavy atom. The third-order valence-corrected chi connectivity index (χ3v) is 5.43. The molecule has 0 bridgehead atoms. The second kappa shape index (κ2) is 7.16. The maximum atomic E-state index is 11.9. The standard InChI is InChI=1S/C13H19NO2S2/c1-2-16-10-13(15)14-6-5-12(18-9-7-14)11-4-3-8-17-11/h3-4,8,12H,2,5-7,9-10H2,1H3. The van der Waals surface area contributed by atoms with Crippen LogP contribution in [0.1, 0.15) is 23.5 Å². The van der Waals surface area contributed by atoms with Gasteiger partial charge in [-0.05, 0) is 24.8 Å². The zero-order valence-corrected chi connectivity index (χ0v) is 12.3. The Morgan fingerprint density at radius 1 is 1.56 bits per heavy atom. The molecule has 1 saturated heterocycles. The highest BCUT2D eigenvalue weighted by atomic mass is 32.2. The van der Waals surface area contributed by atoms with Gasteiger partial charge >= 0.3 is 0 Å². The van der Waals surface area contributed by atoms with Gasteiger partial charge in [0.25, 0.3) is 0 Å². The van der Waals surface area contributed by atoms with Gasteiger partial charge in [0, 0.05) is 35.6 Å². The molecule has 1 aromatic heterocycles. The highest BCUT2D eigenvalue weighted by molar-refractivity contribution is 7.99. The maximum absolute atomic E-state index is 11.9. The monoisotopic (exact) mass is 285 g/mol. The molecule has 1 fully saturated rings. The van der Waals surface area contributed by atoms with Gasteiger partial charge in [-0.25, -0.2) is 0 Å². The second-order valence-corrected chi connectivity index (χ2v) is 6.47. The molecule has 1 aliphatic rings. The second-order valence-electron chi connectivity index (χ2n) is 4.18. The zero-order chi connectivity index (χ0) is 12.8. The van der Waals surface area contributed by atoms with Crippen LogP contribution in [-0.2, 0) is 9.53 Å². The number of hydrogen-bond acceptors (Lipinski definition) is 4. The normalized spacial score (nSPS) is 20.7. The van der Waals surface area contributed by atoms with E-state index >= 15 is 0 Å². The number of thiophene rings is 1. The van der Waals surface area contributed by atoms with E-state index in [9.17, 15) is 4.79 Å². The van der Waals surface area contributed by atoms with Crippen molar-refractivity contribution in [2.75, 3.05) is 32.1 Å². The number of thioether (sulfide) groups is 1. The largest absolute Gasteiger partial charge is 0.372 e. The summed E-state index contributed by atoms with van der Waals surface area (Å²) in [6, 6.07) is 4.30. The first-order valence-electron chi connectivity index (χ1n) is 6.31. The van der Waals surface area contributed by atoms with Crippen LogP contribution in [0.4, 0.5) is 0 Å². The molecule has 18 heavy (non-hydrogen) atoms. The van der Waals surface area contributed by atoms with Gasteiger partial charge in [-0.2, -0.15) is 11.8 Å². The predicted molar refractivity (Wildman–Crippen MR) is 77.2 cm³/mol. The van der Waals surface area contributed by atoms with E-state index in [-0.39, 0.29) is 12.5 Å². The fraction of sp³-hybridized carbons (Fsp3) is 0.615. The lowest BCUT2D eigenvalue weighted by Crippen LogP contribution is -2.35. The summed E-state index contributed by atoms with van der Waals surface area (Å²) in [6.45, 7) is 4.44. The number of nitrogens with zero attached hydrogens (tertiary/aromatic N) is 1. The molecule has 1 aliphatic heterocycles. The molecule has 2 rings (SSSR count). The van der Waals surface area contributed by atoms with Crippen LogP contribution >= 0.6 is 23.1 Å². The molecule has 0 N–H and O–H groups in total. The molecule has 100 valence electrons. The SMILES string of the molecule is CCOCC(=O)N1CCSC(c2cccs2)CC1. The molecule has 2 heterocycles. The zero-order valence-electron chi connectivity index (χ0n) is 10.6. The lowest BCUT2D eigenvalue weighted by molar-refractivity contribution is -0.135. The highest BCUT2D eigenvalue weighted by Crippen LogP contribution is 2.36. The minimum Gasteiger partial charge on any atom is -0.372 e. The van der Waals surface area contributed by atoms with Gasteiger partial charge in [0.15, 0.2) is 0 Å². The van der Waals surface area contributed by atoms with Gasteiger partial charge < -0.3 is 9.64 Å². The summed E-state index contributed by atoms with van der Waals surface area (Å²) in [5.74, 6) is 1.14. The van der Waals surface area contributed by atoms with Crippen molar-refractivity contribution >= 4 is 29.0 Å². The van der Waals surface area contributed by atoms with Crippen LogP contribution in [0, 0.1) is 0 Å². The van der Waals surface area contributed by atoms with Crippen LogP contribution in [0.25, 0.3) is 0 Å². The van der Waals surface area contributed by atoms with E-state index in [0.717, 1.165) is 25.3 Å². The van der Waals surface area contributed by atoms with Crippen LogP contribution in [0.15, 0.2) is 17.5 Å². The third-order valence-electron chi connectivity index (χ3n) is 2.98. The van der Waals surface area contributed by atoms with Gasteiger partial charge in [-0.3, -0.25) is 4.79 Å². The topological polar surface area (TPSA) is 29.5 Å². The van der Waals surface area contributed by atoms with Crippen LogP contribution < -0.4 is 0 Å². The van der Waals surface area contributed by atoms with Crippen LogP contribution in [0.3, 0.4) is 0 Å². The van der Waals surface area contributed by atoms with Crippen LogP contribution in [-0.4, -0.2) is 42.9 Å². The van der Waals surface area contributed by atoms with Crippen LogP contribution in [0.5, 0.6) is 0 Å². The molecule has 0 saturated carbocycles. The van der Waals surface area contributed by atoms with Crippen molar-refractivity contribution in [3.63, 3.8) is 0 Å². The smallest absolute Gasteiger partial charge is 0.248 e. The Kier molecular flexibility index (Phi) is 5.53. The van der Waals surface area contributed by atoms with Crippen molar-refractivity contribution in [2.45, 2.75) is 18.6 Å². The molecule has 0 radical (unpaired) electrons. The Bertz CT molecular complexity index is 367. The van der Waals surface area contributed by atoms with Crippen molar-refractivity contribution < 1.29 is 9.53 Å². The average molecular weight is 285 g/mol. The highest BCUT2D eigenvalue weighted by Gasteiger charge is 2.22. The summed E-state index contributed by atoms with van der Waals surface area (Å²) >= 11 is 3.78. The molecule has 1 atom stereocenters. The number of carbonyl (C=O) groups is 1. The minimum absolute atomic E-state index is 0.129.